The van der Waals surface area contributed by atoms with Crippen molar-refractivity contribution in [2.75, 3.05) is 5.32 Å². The third kappa shape index (κ3) is 3.29. The molecule has 2 amide bonds. The van der Waals surface area contributed by atoms with E-state index in [9.17, 15) is 4.79 Å². The number of aromatic nitrogens is 2. The second kappa shape index (κ2) is 5.80. The molecule has 5 nitrogen and oxygen atoms in total. The normalized spacial score (nSPS) is 15.8. The SMILES string of the molecule is NC(=O)Nc1nnc(SC(c2ccccc2)C2CC2)s1. The molecular weight excluding hydrogens is 292 g/mol. The second-order valence-corrected chi connectivity index (χ2v) is 7.02. The van der Waals surface area contributed by atoms with E-state index in [1.165, 1.54) is 29.7 Å². The van der Waals surface area contributed by atoms with Gasteiger partial charge in [-0.15, -0.1) is 10.2 Å². The fourth-order valence-electron chi connectivity index (χ4n) is 2.00. The monoisotopic (exact) mass is 306 g/mol. The van der Waals surface area contributed by atoms with E-state index in [-0.39, 0.29) is 0 Å². The topological polar surface area (TPSA) is 80.9 Å². The number of nitrogens with one attached hydrogen (secondary N) is 1. The summed E-state index contributed by atoms with van der Waals surface area (Å²) in [7, 11) is 0. The molecule has 0 bridgehead atoms. The lowest BCUT2D eigenvalue weighted by atomic mass is 10.1. The molecule has 1 heterocycles. The minimum absolute atomic E-state index is 0.408. The Morgan fingerprint density at radius 1 is 1.35 bits per heavy atom. The number of carbonyl (C=O) groups is 1. The van der Waals surface area contributed by atoms with E-state index in [0.717, 1.165) is 4.34 Å². The van der Waals surface area contributed by atoms with Gasteiger partial charge < -0.3 is 5.73 Å². The molecular formula is C13H14N4OS2. The molecule has 3 N–H and O–H groups in total. The maximum Gasteiger partial charge on any atom is 0.318 e. The summed E-state index contributed by atoms with van der Waals surface area (Å²) in [5.74, 6) is 0.707. The van der Waals surface area contributed by atoms with Crippen molar-refractivity contribution >= 4 is 34.3 Å². The lowest BCUT2D eigenvalue weighted by Crippen LogP contribution is -2.18. The van der Waals surface area contributed by atoms with Gasteiger partial charge in [0.2, 0.25) is 5.13 Å². The summed E-state index contributed by atoms with van der Waals surface area (Å²) >= 11 is 3.07. The number of carbonyl (C=O) groups excluding carboxylic acids is 1. The maximum atomic E-state index is 10.8. The smallest absolute Gasteiger partial charge is 0.318 e. The van der Waals surface area contributed by atoms with Crippen LogP contribution >= 0.6 is 23.1 Å². The number of nitrogens with zero attached hydrogens (tertiary/aromatic N) is 2. The molecule has 0 aliphatic heterocycles. The van der Waals surface area contributed by atoms with Crippen LogP contribution in [0.1, 0.15) is 23.7 Å². The summed E-state index contributed by atoms with van der Waals surface area (Å²) in [6.45, 7) is 0. The van der Waals surface area contributed by atoms with Crippen molar-refractivity contribution in [1.82, 2.24) is 10.2 Å². The van der Waals surface area contributed by atoms with Gasteiger partial charge in [-0.05, 0) is 24.3 Å². The number of primary amides is 1. The third-order valence-electron chi connectivity index (χ3n) is 3.04. The zero-order valence-corrected chi connectivity index (χ0v) is 12.3. The molecule has 1 atom stereocenters. The van der Waals surface area contributed by atoms with E-state index in [2.05, 4.69) is 39.8 Å². The van der Waals surface area contributed by atoms with Crippen LogP contribution in [0.25, 0.3) is 0 Å². The first-order valence-electron chi connectivity index (χ1n) is 6.34. The Kier molecular flexibility index (Phi) is 3.88. The van der Waals surface area contributed by atoms with Crippen LogP contribution < -0.4 is 11.1 Å². The molecule has 1 fully saturated rings. The van der Waals surface area contributed by atoms with E-state index >= 15 is 0 Å². The highest BCUT2D eigenvalue weighted by atomic mass is 32.2. The van der Waals surface area contributed by atoms with E-state index in [1.807, 2.05) is 6.07 Å². The third-order valence-corrected chi connectivity index (χ3v) is 5.41. The van der Waals surface area contributed by atoms with Gasteiger partial charge in [0, 0.05) is 5.25 Å². The molecule has 0 radical (unpaired) electrons. The minimum Gasteiger partial charge on any atom is -0.351 e. The predicted octanol–water partition coefficient (Wildman–Crippen LogP) is 3.27. The highest BCUT2D eigenvalue weighted by Crippen LogP contribution is 2.51. The van der Waals surface area contributed by atoms with E-state index in [1.54, 1.807) is 11.8 Å². The molecule has 3 rings (SSSR count). The number of amides is 2. The van der Waals surface area contributed by atoms with Crippen molar-refractivity contribution in [2.24, 2.45) is 11.7 Å². The van der Waals surface area contributed by atoms with Gasteiger partial charge in [0.1, 0.15) is 0 Å². The number of rotatable bonds is 5. The number of urea groups is 1. The Balaban J connectivity index is 1.74. The number of hydrogen-bond acceptors (Lipinski definition) is 5. The van der Waals surface area contributed by atoms with Gasteiger partial charge in [0.05, 0.1) is 0 Å². The van der Waals surface area contributed by atoms with Crippen LogP contribution in [0.15, 0.2) is 34.7 Å². The number of nitrogens with two attached hydrogens (primary N) is 1. The summed E-state index contributed by atoms with van der Waals surface area (Å²) in [4.78, 5) is 10.8. The van der Waals surface area contributed by atoms with E-state index in [0.29, 0.717) is 16.3 Å². The first kappa shape index (κ1) is 13.4. The van der Waals surface area contributed by atoms with Gasteiger partial charge in [-0.3, -0.25) is 5.32 Å². The lowest BCUT2D eigenvalue weighted by Gasteiger charge is -2.14. The van der Waals surface area contributed by atoms with Crippen molar-refractivity contribution < 1.29 is 4.79 Å². The summed E-state index contributed by atoms with van der Waals surface area (Å²) in [5.41, 5.74) is 6.39. The summed E-state index contributed by atoms with van der Waals surface area (Å²) in [6.07, 6.45) is 2.52. The molecule has 1 unspecified atom stereocenters. The Hall–Kier alpha value is -1.60. The van der Waals surface area contributed by atoms with Gasteiger partial charge >= 0.3 is 6.03 Å². The minimum atomic E-state index is -0.612. The highest BCUT2D eigenvalue weighted by Gasteiger charge is 2.33. The standard InChI is InChI=1S/C13H14N4OS2/c14-11(18)15-12-16-17-13(20-12)19-10(9-6-7-9)8-4-2-1-3-5-8/h1-5,9-10H,6-7H2,(H3,14,15,16,18). The zero-order chi connectivity index (χ0) is 13.9. The molecule has 1 aromatic carbocycles. The molecule has 2 aromatic rings. The maximum absolute atomic E-state index is 10.8. The van der Waals surface area contributed by atoms with Gasteiger partial charge in [-0.2, -0.15) is 0 Å². The van der Waals surface area contributed by atoms with Crippen LogP contribution in [0.3, 0.4) is 0 Å². The van der Waals surface area contributed by atoms with Crippen molar-refractivity contribution in [3.8, 4) is 0 Å². The molecule has 104 valence electrons. The summed E-state index contributed by atoms with van der Waals surface area (Å²) < 4.78 is 0.856. The number of anilines is 1. The van der Waals surface area contributed by atoms with Crippen LogP contribution in [-0.2, 0) is 0 Å². The number of thioether (sulfide) groups is 1. The van der Waals surface area contributed by atoms with Crippen molar-refractivity contribution in [1.29, 1.82) is 0 Å². The molecule has 1 aliphatic carbocycles. The largest absolute Gasteiger partial charge is 0.351 e. The summed E-state index contributed by atoms with van der Waals surface area (Å²) in [5, 5.41) is 11.3. The van der Waals surface area contributed by atoms with Crippen LogP contribution in [-0.4, -0.2) is 16.2 Å². The Morgan fingerprint density at radius 3 is 2.75 bits per heavy atom. The first-order chi connectivity index (χ1) is 9.72. The number of hydrogen-bond donors (Lipinski definition) is 2. The molecule has 1 aromatic heterocycles. The van der Waals surface area contributed by atoms with Crippen LogP contribution in [0.2, 0.25) is 0 Å². The molecule has 0 saturated heterocycles. The Morgan fingerprint density at radius 2 is 2.10 bits per heavy atom. The lowest BCUT2D eigenvalue weighted by molar-refractivity contribution is 0.259. The average Bonchev–Trinajstić information content (AvgIpc) is 3.18. The zero-order valence-electron chi connectivity index (χ0n) is 10.7. The van der Waals surface area contributed by atoms with Gasteiger partial charge in [0.15, 0.2) is 4.34 Å². The Labute approximate surface area is 125 Å². The molecule has 1 aliphatic rings. The van der Waals surface area contributed by atoms with E-state index < -0.39 is 6.03 Å². The van der Waals surface area contributed by atoms with Crippen LogP contribution in [0, 0.1) is 5.92 Å². The predicted molar refractivity (Wildman–Crippen MR) is 80.9 cm³/mol. The molecule has 0 spiro atoms. The summed E-state index contributed by atoms with van der Waals surface area (Å²) in [6, 6.07) is 9.84. The number of benzene rings is 1. The quantitative estimate of drug-likeness (QED) is 0.656. The molecule has 20 heavy (non-hydrogen) atoms. The fourth-order valence-corrected chi connectivity index (χ4v) is 4.28. The molecule has 1 saturated carbocycles. The second-order valence-electron chi connectivity index (χ2n) is 4.65. The molecule has 7 heteroatoms. The van der Waals surface area contributed by atoms with Crippen LogP contribution in [0.4, 0.5) is 9.93 Å². The van der Waals surface area contributed by atoms with Gasteiger partial charge in [0.25, 0.3) is 0 Å². The Bertz CT molecular complexity index is 597. The van der Waals surface area contributed by atoms with Crippen molar-refractivity contribution in [2.45, 2.75) is 22.4 Å². The van der Waals surface area contributed by atoms with Crippen molar-refractivity contribution in [3.63, 3.8) is 0 Å². The van der Waals surface area contributed by atoms with Gasteiger partial charge in [-0.25, -0.2) is 4.79 Å². The van der Waals surface area contributed by atoms with Crippen LogP contribution in [0.5, 0.6) is 0 Å². The fraction of sp³-hybridized carbons (Fsp3) is 0.308. The average molecular weight is 306 g/mol. The van der Waals surface area contributed by atoms with Crippen molar-refractivity contribution in [3.05, 3.63) is 35.9 Å². The first-order valence-corrected chi connectivity index (χ1v) is 8.03. The highest BCUT2D eigenvalue weighted by molar-refractivity contribution is 8.01. The van der Waals surface area contributed by atoms with E-state index in [4.69, 9.17) is 5.73 Å². The van der Waals surface area contributed by atoms with Gasteiger partial charge in [-0.1, -0.05) is 53.4 Å².